The molecule has 0 aliphatic carbocycles. The molecule has 0 amide bonds. The minimum absolute atomic E-state index is 0.269. The highest BCUT2D eigenvalue weighted by Gasteiger charge is 2.10. The number of carbonyl (C=O) groups is 1. The van der Waals surface area contributed by atoms with Crippen LogP contribution in [0.4, 0.5) is 0 Å². The van der Waals surface area contributed by atoms with Gasteiger partial charge < -0.3 is 4.74 Å². The van der Waals surface area contributed by atoms with E-state index in [-0.39, 0.29) is 12.6 Å². The number of hydrogen-bond acceptors (Lipinski definition) is 6. The van der Waals surface area contributed by atoms with Crippen LogP contribution in [0.1, 0.15) is 10.4 Å². The second-order valence-corrected chi connectivity index (χ2v) is 7.20. The van der Waals surface area contributed by atoms with Crippen LogP contribution < -0.4 is 0 Å². The third-order valence-electron chi connectivity index (χ3n) is 4.22. The molecular formula is C22H18N4O2S. The summed E-state index contributed by atoms with van der Waals surface area (Å²) >= 11 is 1.44. The van der Waals surface area contributed by atoms with Crippen LogP contribution >= 0.6 is 11.8 Å². The van der Waals surface area contributed by atoms with E-state index >= 15 is 0 Å². The van der Waals surface area contributed by atoms with Crippen LogP contribution in [0, 0.1) is 0 Å². The van der Waals surface area contributed by atoms with Gasteiger partial charge in [0.1, 0.15) is 6.61 Å². The molecule has 7 heteroatoms. The molecule has 0 fully saturated rings. The highest BCUT2D eigenvalue weighted by molar-refractivity contribution is 7.99. The highest BCUT2D eigenvalue weighted by atomic mass is 32.2. The molecule has 0 aliphatic rings. The van der Waals surface area contributed by atoms with Crippen LogP contribution in [-0.4, -0.2) is 38.5 Å². The van der Waals surface area contributed by atoms with Crippen molar-refractivity contribution in [2.24, 2.45) is 0 Å². The van der Waals surface area contributed by atoms with Gasteiger partial charge in [-0.25, -0.2) is 4.79 Å². The van der Waals surface area contributed by atoms with Gasteiger partial charge in [0.15, 0.2) is 0 Å². The summed E-state index contributed by atoms with van der Waals surface area (Å²) in [6.45, 7) is 0.269. The zero-order valence-corrected chi connectivity index (χ0v) is 16.3. The molecule has 144 valence electrons. The molecule has 0 atom stereocenters. The van der Waals surface area contributed by atoms with Crippen molar-refractivity contribution < 1.29 is 9.53 Å². The fourth-order valence-corrected chi connectivity index (χ4v) is 3.49. The summed E-state index contributed by atoms with van der Waals surface area (Å²) in [5.41, 5.74) is 3.59. The number of carbonyl (C=O) groups excluding carboxylic acids is 1. The van der Waals surface area contributed by atoms with Crippen LogP contribution in [0.25, 0.3) is 16.8 Å². The Morgan fingerprint density at radius 2 is 1.52 bits per heavy atom. The molecule has 3 aromatic carbocycles. The van der Waals surface area contributed by atoms with Crippen LogP contribution in [0.15, 0.2) is 90.1 Å². The normalized spacial score (nSPS) is 10.6. The molecular weight excluding hydrogens is 384 g/mol. The average Bonchev–Trinajstić information content (AvgIpc) is 3.26. The summed E-state index contributed by atoms with van der Waals surface area (Å²) in [7, 11) is 0. The van der Waals surface area contributed by atoms with E-state index < -0.39 is 0 Å². The van der Waals surface area contributed by atoms with Crippen molar-refractivity contribution in [2.45, 2.75) is 5.16 Å². The first-order chi connectivity index (χ1) is 14.3. The first-order valence-electron chi connectivity index (χ1n) is 9.10. The number of hydrogen-bond donors (Lipinski definition) is 0. The lowest BCUT2D eigenvalue weighted by Crippen LogP contribution is -2.08. The molecule has 6 nitrogen and oxygen atoms in total. The van der Waals surface area contributed by atoms with Gasteiger partial charge in [-0.2, -0.15) is 4.68 Å². The Balaban J connectivity index is 1.29. The van der Waals surface area contributed by atoms with E-state index in [0.717, 1.165) is 16.8 Å². The topological polar surface area (TPSA) is 69.9 Å². The third-order valence-corrected chi connectivity index (χ3v) is 5.10. The average molecular weight is 402 g/mol. The van der Waals surface area contributed by atoms with E-state index in [0.29, 0.717) is 16.5 Å². The van der Waals surface area contributed by atoms with Crippen molar-refractivity contribution >= 4 is 17.7 Å². The van der Waals surface area contributed by atoms with Gasteiger partial charge >= 0.3 is 5.97 Å². The Morgan fingerprint density at radius 1 is 0.862 bits per heavy atom. The Kier molecular flexibility index (Phi) is 5.97. The summed E-state index contributed by atoms with van der Waals surface area (Å²) in [5.74, 6) is 0.217. The minimum atomic E-state index is -0.340. The number of benzene rings is 3. The first-order valence-corrected chi connectivity index (χ1v) is 10.1. The van der Waals surface area contributed by atoms with Crippen molar-refractivity contribution in [2.75, 3.05) is 12.4 Å². The van der Waals surface area contributed by atoms with E-state index in [4.69, 9.17) is 4.74 Å². The van der Waals surface area contributed by atoms with Crippen molar-refractivity contribution in [1.29, 1.82) is 0 Å². The van der Waals surface area contributed by atoms with Crippen molar-refractivity contribution in [1.82, 2.24) is 20.2 Å². The summed E-state index contributed by atoms with van der Waals surface area (Å²) in [4.78, 5) is 12.3. The Bertz CT molecular complexity index is 1070. The molecule has 29 heavy (non-hydrogen) atoms. The molecule has 0 bridgehead atoms. The lowest BCUT2D eigenvalue weighted by atomic mass is 10.0. The van der Waals surface area contributed by atoms with Gasteiger partial charge in [0, 0.05) is 5.75 Å². The summed E-state index contributed by atoms with van der Waals surface area (Å²) < 4.78 is 7.04. The fourth-order valence-electron chi connectivity index (χ4n) is 2.78. The second-order valence-electron chi connectivity index (χ2n) is 6.14. The molecule has 1 heterocycles. The van der Waals surface area contributed by atoms with Gasteiger partial charge in [-0.1, -0.05) is 72.4 Å². The molecule has 0 saturated heterocycles. The Labute approximate surface area is 172 Å². The lowest BCUT2D eigenvalue weighted by molar-refractivity contribution is 0.0530. The zero-order chi connectivity index (χ0) is 19.9. The number of nitrogens with zero attached hydrogens (tertiary/aromatic N) is 4. The number of ether oxygens (including phenoxy) is 1. The smallest absolute Gasteiger partial charge is 0.338 e. The fraction of sp³-hybridized carbons (Fsp3) is 0.0909. The monoisotopic (exact) mass is 402 g/mol. The quantitative estimate of drug-likeness (QED) is 0.261. The zero-order valence-electron chi connectivity index (χ0n) is 15.5. The molecule has 4 rings (SSSR count). The number of rotatable bonds is 7. The van der Waals surface area contributed by atoms with Gasteiger partial charge in [0.25, 0.3) is 0 Å². The van der Waals surface area contributed by atoms with Crippen LogP contribution in [0.2, 0.25) is 0 Å². The lowest BCUT2D eigenvalue weighted by Gasteiger charge is -2.06. The molecule has 0 radical (unpaired) electrons. The minimum Gasteiger partial charge on any atom is -0.461 e. The predicted molar refractivity (Wildman–Crippen MR) is 112 cm³/mol. The van der Waals surface area contributed by atoms with E-state index in [1.807, 2.05) is 72.8 Å². The molecule has 0 aliphatic heterocycles. The molecule has 0 spiro atoms. The summed E-state index contributed by atoms with van der Waals surface area (Å²) in [5, 5.41) is 12.4. The molecule has 0 saturated carbocycles. The van der Waals surface area contributed by atoms with Crippen molar-refractivity contribution in [3.63, 3.8) is 0 Å². The van der Waals surface area contributed by atoms with E-state index in [1.165, 1.54) is 11.8 Å². The molecule has 0 unspecified atom stereocenters. The predicted octanol–water partition coefficient (Wildman–Crippen LogP) is 4.28. The number of aromatic nitrogens is 4. The van der Waals surface area contributed by atoms with Gasteiger partial charge in [0.2, 0.25) is 5.16 Å². The maximum atomic E-state index is 12.3. The van der Waals surface area contributed by atoms with Crippen LogP contribution in [-0.2, 0) is 4.74 Å². The van der Waals surface area contributed by atoms with Crippen LogP contribution in [0.5, 0.6) is 0 Å². The summed E-state index contributed by atoms with van der Waals surface area (Å²) in [6.07, 6.45) is 0. The third kappa shape index (κ3) is 4.70. The van der Waals surface area contributed by atoms with E-state index in [1.54, 1.807) is 16.8 Å². The standard InChI is InChI=1S/C22H18N4O2S/c27-21(19-13-11-18(12-14-19)17-7-3-1-4-8-17)28-15-16-29-22-23-24-25-26(22)20-9-5-2-6-10-20/h1-14H,15-16H2. The van der Waals surface area contributed by atoms with E-state index in [2.05, 4.69) is 15.5 Å². The van der Waals surface area contributed by atoms with Crippen molar-refractivity contribution in [3.05, 3.63) is 90.5 Å². The molecule has 1 aromatic heterocycles. The molecule has 4 aromatic rings. The Hall–Kier alpha value is -3.45. The van der Waals surface area contributed by atoms with Crippen molar-refractivity contribution in [3.8, 4) is 16.8 Å². The van der Waals surface area contributed by atoms with Gasteiger partial charge in [-0.3, -0.25) is 0 Å². The number of para-hydroxylation sites is 1. The number of thioether (sulfide) groups is 1. The van der Waals surface area contributed by atoms with E-state index in [9.17, 15) is 4.79 Å². The maximum Gasteiger partial charge on any atom is 0.338 e. The Morgan fingerprint density at radius 3 is 2.24 bits per heavy atom. The highest BCUT2D eigenvalue weighted by Crippen LogP contribution is 2.20. The SMILES string of the molecule is O=C(OCCSc1nnnn1-c1ccccc1)c1ccc(-c2ccccc2)cc1. The van der Waals surface area contributed by atoms with Crippen LogP contribution in [0.3, 0.4) is 0 Å². The molecule has 0 N–H and O–H groups in total. The second kappa shape index (κ2) is 9.16. The van der Waals surface area contributed by atoms with Gasteiger partial charge in [-0.15, -0.1) is 5.10 Å². The number of tetrazole rings is 1. The first kappa shape index (κ1) is 18.9. The van der Waals surface area contributed by atoms with Gasteiger partial charge in [-0.05, 0) is 45.8 Å². The van der Waals surface area contributed by atoms with Gasteiger partial charge in [0.05, 0.1) is 11.3 Å². The largest absolute Gasteiger partial charge is 0.461 e. The summed E-state index contributed by atoms with van der Waals surface area (Å²) in [6, 6.07) is 27.1. The number of esters is 1. The maximum absolute atomic E-state index is 12.3.